The van der Waals surface area contributed by atoms with Crippen molar-refractivity contribution in [2.75, 3.05) is 65.1 Å². The van der Waals surface area contributed by atoms with E-state index in [2.05, 4.69) is 30.8 Å². The van der Waals surface area contributed by atoms with E-state index in [9.17, 15) is 19.8 Å². The van der Waals surface area contributed by atoms with E-state index in [1.165, 1.54) is 4.90 Å². The number of phenolic OH excluding ortho intramolecular Hbond substituents is 1. The van der Waals surface area contributed by atoms with E-state index in [0.717, 1.165) is 27.3 Å². The van der Waals surface area contributed by atoms with E-state index >= 15 is 0 Å². The zero-order valence-electron chi connectivity index (χ0n) is 38.1. The summed E-state index contributed by atoms with van der Waals surface area (Å²) in [5.74, 6) is -0.566. The molecule has 0 saturated carbocycles. The van der Waals surface area contributed by atoms with Crippen molar-refractivity contribution in [3.8, 4) is 38.6 Å². The zero-order chi connectivity index (χ0) is 47.1. The van der Waals surface area contributed by atoms with Crippen LogP contribution in [0.15, 0.2) is 83.1 Å². The lowest BCUT2D eigenvalue weighted by Gasteiger charge is -2.28. The summed E-state index contributed by atoms with van der Waals surface area (Å²) in [7, 11) is 0. The number of amides is 2. The van der Waals surface area contributed by atoms with Gasteiger partial charge in [-0.05, 0) is 55.0 Å². The van der Waals surface area contributed by atoms with E-state index in [4.69, 9.17) is 29.2 Å². The number of aryl methyl sites for hydroxylation is 2. The minimum Gasteiger partial charge on any atom is -0.507 e. The molecule has 18 nitrogen and oxygen atoms in total. The Labute approximate surface area is 393 Å². The minimum absolute atomic E-state index is 0.0695. The molecule has 1 saturated heterocycles. The van der Waals surface area contributed by atoms with Crippen LogP contribution >= 0.6 is 11.3 Å². The summed E-state index contributed by atoms with van der Waals surface area (Å²) in [6, 6.07) is 17.7. The van der Waals surface area contributed by atoms with Gasteiger partial charge in [0.15, 0.2) is 5.82 Å². The Bertz CT molecular complexity index is 2510. The van der Waals surface area contributed by atoms with Gasteiger partial charge in [-0.3, -0.25) is 14.3 Å². The van der Waals surface area contributed by atoms with Crippen LogP contribution in [0.4, 0.5) is 5.82 Å². The number of likely N-dealkylation sites (tertiary alicyclic amines) is 1. The lowest BCUT2D eigenvalue weighted by molar-refractivity contribution is -0.141. The minimum atomic E-state index is -0.806. The number of para-hydroxylation sites is 1. The molecular weight excluding hydrogens is 879 g/mol. The molecule has 1 aliphatic rings. The summed E-state index contributed by atoms with van der Waals surface area (Å²) in [5.41, 5.74) is 14.2. The molecule has 4 aromatic heterocycles. The third kappa shape index (κ3) is 13.3. The quantitative estimate of drug-likeness (QED) is 0.0524. The number of ether oxygens (including phenoxy) is 4. The SMILES string of the molecule is Cc1ncsc1-c1ccc(CNC(=O)[C@@H]2C[C@@H](O)CN2C(=O)[C@@H](c2cc(CCCOCCOCCOCCOCCn3cc(-c4cc(-c5ccccc5O)nnc4N)cn3)no2)C(C)C)cc1. The number of benzene rings is 2. The van der Waals surface area contributed by atoms with Gasteiger partial charge in [0, 0.05) is 55.1 Å². The first kappa shape index (κ1) is 48.8. The molecule has 67 heavy (non-hydrogen) atoms. The van der Waals surface area contributed by atoms with Gasteiger partial charge in [-0.25, -0.2) is 4.98 Å². The number of aliphatic hydroxyl groups is 1. The van der Waals surface area contributed by atoms with Gasteiger partial charge in [0.2, 0.25) is 11.8 Å². The number of nitrogen functional groups attached to an aromatic ring is 1. The predicted molar refractivity (Wildman–Crippen MR) is 251 cm³/mol. The maximum Gasteiger partial charge on any atom is 0.243 e. The number of nitrogens with zero attached hydrogens (tertiary/aromatic N) is 7. The van der Waals surface area contributed by atoms with Crippen molar-refractivity contribution < 1.29 is 43.3 Å². The second-order valence-electron chi connectivity index (χ2n) is 16.6. The molecule has 5 N–H and O–H groups in total. The van der Waals surface area contributed by atoms with Gasteiger partial charge in [0.1, 0.15) is 23.5 Å². The van der Waals surface area contributed by atoms with E-state index in [1.807, 2.05) is 62.8 Å². The fourth-order valence-corrected chi connectivity index (χ4v) is 8.64. The molecule has 0 unspecified atom stereocenters. The lowest BCUT2D eigenvalue weighted by atomic mass is 9.91. The molecule has 7 rings (SSSR count). The third-order valence-corrected chi connectivity index (χ3v) is 12.3. The summed E-state index contributed by atoms with van der Waals surface area (Å²) in [5, 5.41) is 40.6. The Morgan fingerprint density at radius 2 is 1.64 bits per heavy atom. The van der Waals surface area contributed by atoms with Gasteiger partial charge in [0.05, 0.1) is 92.6 Å². The third-order valence-electron chi connectivity index (χ3n) is 11.4. The lowest BCUT2D eigenvalue weighted by Crippen LogP contribution is -2.48. The number of anilines is 1. The molecule has 0 bridgehead atoms. The van der Waals surface area contributed by atoms with Crippen LogP contribution in [0.1, 0.15) is 55.3 Å². The van der Waals surface area contributed by atoms with Gasteiger partial charge in [-0.1, -0.05) is 55.4 Å². The van der Waals surface area contributed by atoms with Crippen molar-refractivity contribution in [3.63, 3.8) is 0 Å². The molecule has 0 radical (unpaired) electrons. The summed E-state index contributed by atoms with van der Waals surface area (Å²) in [6.45, 7) is 10.3. The van der Waals surface area contributed by atoms with Crippen LogP contribution in [0, 0.1) is 12.8 Å². The number of phenols is 1. The van der Waals surface area contributed by atoms with Crippen molar-refractivity contribution in [3.05, 3.63) is 101 Å². The number of hydrogen-bond acceptors (Lipinski definition) is 16. The number of aromatic nitrogens is 6. The number of rotatable bonds is 25. The topological polar surface area (TPSA) is 235 Å². The maximum absolute atomic E-state index is 14.0. The molecule has 2 amide bonds. The number of aromatic hydroxyl groups is 1. The van der Waals surface area contributed by atoms with Crippen molar-refractivity contribution in [2.24, 2.45) is 5.92 Å². The van der Waals surface area contributed by atoms with Crippen LogP contribution in [0.3, 0.4) is 0 Å². The Morgan fingerprint density at radius 1 is 0.925 bits per heavy atom. The van der Waals surface area contributed by atoms with Crippen LogP contribution < -0.4 is 11.1 Å². The fourth-order valence-electron chi connectivity index (χ4n) is 7.83. The van der Waals surface area contributed by atoms with E-state index < -0.39 is 18.1 Å². The second kappa shape index (κ2) is 24.1. The van der Waals surface area contributed by atoms with Gasteiger partial charge in [0.25, 0.3) is 0 Å². The first-order chi connectivity index (χ1) is 32.5. The molecule has 2 aromatic carbocycles. The smallest absolute Gasteiger partial charge is 0.243 e. The highest BCUT2D eigenvalue weighted by molar-refractivity contribution is 7.13. The van der Waals surface area contributed by atoms with Crippen molar-refractivity contribution in [2.45, 2.75) is 71.2 Å². The first-order valence-corrected chi connectivity index (χ1v) is 23.4. The van der Waals surface area contributed by atoms with E-state index in [0.29, 0.717) is 107 Å². The normalized spacial score (nSPS) is 15.4. The average Bonchev–Trinajstić information content (AvgIpc) is 4.16. The number of β-amino-alcohol motifs (C(OH)–C–C–N with tert-alkyl or cyclic N) is 1. The number of thiazole rings is 1. The molecule has 0 aliphatic carbocycles. The van der Waals surface area contributed by atoms with Crippen LogP contribution in [0.2, 0.25) is 0 Å². The highest BCUT2D eigenvalue weighted by Gasteiger charge is 2.43. The van der Waals surface area contributed by atoms with Gasteiger partial charge in [-0.2, -0.15) is 5.10 Å². The predicted octanol–water partition coefficient (Wildman–Crippen LogP) is 5.43. The average molecular weight is 938 g/mol. The number of carbonyl (C=O) groups excluding carboxylic acids is 2. The summed E-state index contributed by atoms with van der Waals surface area (Å²) >= 11 is 1.59. The highest BCUT2D eigenvalue weighted by Crippen LogP contribution is 2.33. The van der Waals surface area contributed by atoms with Crippen LogP contribution in [0.5, 0.6) is 5.75 Å². The van der Waals surface area contributed by atoms with Crippen molar-refractivity contribution in [1.82, 2.24) is 40.3 Å². The molecule has 6 aromatic rings. The number of hydrogen-bond donors (Lipinski definition) is 4. The van der Waals surface area contributed by atoms with E-state index in [1.54, 1.807) is 52.5 Å². The Balaban J connectivity index is 0.729. The maximum atomic E-state index is 14.0. The van der Waals surface area contributed by atoms with Crippen LogP contribution in [-0.2, 0) is 48.0 Å². The zero-order valence-corrected chi connectivity index (χ0v) is 38.9. The highest BCUT2D eigenvalue weighted by atomic mass is 32.1. The Hall–Kier alpha value is -6.09. The fraction of sp³-hybridized carbons (Fsp3) is 0.438. The van der Waals surface area contributed by atoms with Crippen LogP contribution in [0.25, 0.3) is 32.8 Å². The van der Waals surface area contributed by atoms with Crippen molar-refractivity contribution in [1.29, 1.82) is 0 Å². The number of nitrogens with one attached hydrogen (secondary N) is 1. The summed E-state index contributed by atoms with van der Waals surface area (Å²) in [6.07, 6.45) is 4.22. The van der Waals surface area contributed by atoms with Crippen molar-refractivity contribution >= 4 is 29.0 Å². The molecule has 19 heteroatoms. The standard InChI is InChI=1S/C48H59N9O9S/c1-31(2)44(48(61)57-29-37(58)24-41(57)47(60)50-26-33-10-12-34(13-11-33)45-32(3)51-30-67-45)43-23-36(55-66-43)7-6-15-62-17-19-64-21-22-65-20-18-63-16-14-56-28-35(27-52-56)39-25-40(53-54-46(39)49)38-8-4-5-9-42(38)59/h4-5,8-13,23,25,27-28,30-31,37,41,44,58-59H,6-7,14-22,24,26,29H2,1-3H3,(H2,49,54)(H,50,60)/t37-,41+,44-/m1/s1. The number of nitrogens with two attached hydrogens (primary N) is 1. The van der Waals surface area contributed by atoms with Crippen LogP contribution in [-0.4, -0.2) is 129 Å². The summed E-state index contributed by atoms with van der Waals surface area (Å²) < 4.78 is 30.2. The molecule has 5 heterocycles. The van der Waals surface area contributed by atoms with Gasteiger partial charge in [-0.15, -0.1) is 21.5 Å². The molecule has 0 spiro atoms. The van der Waals surface area contributed by atoms with E-state index in [-0.39, 0.29) is 42.3 Å². The summed E-state index contributed by atoms with van der Waals surface area (Å²) in [4.78, 5) is 34.4. The van der Waals surface area contributed by atoms with Gasteiger partial charge >= 0.3 is 0 Å². The Kier molecular flexibility index (Phi) is 17.6. The largest absolute Gasteiger partial charge is 0.507 e. The molecular formula is C48H59N9O9S. The Morgan fingerprint density at radius 3 is 2.34 bits per heavy atom. The van der Waals surface area contributed by atoms with Gasteiger partial charge < -0.3 is 49.6 Å². The molecule has 1 aliphatic heterocycles. The first-order valence-electron chi connectivity index (χ1n) is 22.5. The monoisotopic (exact) mass is 937 g/mol. The number of carbonyl (C=O) groups is 2. The molecule has 1 fully saturated rings. The molecule has 356 valence electrons. The number of aliphatic hydroxyl groups excluding tert-OH is 1. The molecule has 3 atom stereocenters. The second-order valence-corrected chi connectivity index (χ2v) is 17.5.